The first-order chi connectivity index (χ1) is 9.90. The molecule has 1 unspecified atom stereocenters. The molecule has 2 N–H and O–H groups in total. The number of nitrogens with one attached hydrogen (secondary N) is 2. The second-order valence-electron chi connectivity index (χ2n) is 4.69. The number of anilines is 1. The molecule has 1 fully saturated rings. The number of rotatable bonds is 3. The van der Waals surface area contributed by atoms with Crippen molar-refractivity contribution in [1.29, 1.82) is 0 Å². The van der Waals surface area contributed by atoms with Gasteiger partial charge in [-0.2, -0.15) is 0 Å². The highest BCUT2D eigenvalue weighted by atomic mass is 32.1. The highest BCUT2D eigenvalue weighted by Gasteiger charge is 2.29. The van der Waals surface area contributed by atoms with Gasteiger partial charge in [0.2, 0.25) is 17.7 Å². The minimum atomic E-state index is -0.731. The largest absolute Gasteiger partial charge is 0.340 e. The van der Waals surface area contributed by atoms with Crippen LogP contribution < -0.4 is 15.5 Å². The van der Waals surface area contributed by atoms with Crippen molar-refractivity contribution < 1.29 is 19.2 Å². The molecular weight excluding hydrogens is 294 g/mol. The number of carbonyl (C=O) groups excluding carboxylic acids is 4. The highest BCUT2D eigenvalue weighted by molar-refractivity contribution is 7.14. The van der Waals surface area contributed by atoms with Crippen molar-refractivity contribution in [1.82, 2.24) is 10.6 Å². The summed E-state index contributed by atoms with van der Waals surface area (Å²) >= 11 is 1.27. The lowest BCUT2D eigenvalue weighted by atomic mass is 10.1. The summed E-state index contributed by atoms with van der Waals surface area (Å²) in [6.45, 7) is 1.40. The molecule has 1 aromatic rings. The Hall–Kier alpha value is -2.22. The third-order valence-corrected chi connectivity index (χ3v) is 4.20. The van der Waals surface area contributed by atoms with Crippen molar-refractivity contribution in [3.63, 3.8) is 0 Å². The van der Waals surface area contributed by atoms with E-state index in [1.807, 2.05) is 0 Å². The predicted molar refractivity (Wildman–Crippen MR) is 77.0 cm³/mol. The van der Waals surface area contributed by atoms with Gasteiger partial charge in [0.05, 0.1) is 5.56 Å². The van der Waals surface area contributed by atoms with Gasteiger partial charge in [0.15, 0.2) is 0 Å². The summed E-state index contributed by atoms with van der Waals surface area (Å²) in [5.41, 5.74) is 0.336. The summed E-state index contributed by atoms with van der Waals surface area (Å²) < 4.78 is 0. The Morgan fingerprint density at radius 2 is 2.14 bits per heavy atom. The zero-order valence-corrected chi connectivity index (χ0v) is 12.5. The van der Waals surface area contributed by atoms with Crippen molar-refractivity contribution >= 4 is 40.0 Å². The Bertz CT molecular complexity index is 610. The van der Waals surface area contributed by atoms with Crippen LogP contribution in [0.25, 0.3) is 0 Å². The predicted octanol–water partition coefficient (Wildman–Crippen LogP) is 0.266. The van der Waals surface area contributed by atoms with Gasteiger partial charge < -0.3 is 10.2 Å². The lowest BCUT2D eigenvalue weighted by Gasteiger charge is -2.22. The van der Waals surface area contributed by atoms with E-state index in [2.05, 4.69) is 10.6 Å². The molecule has 1 saturated heterocycles. The summed E-state index contributed by atoms with van der Waals surface area (Å²) in [5, 5.41) is 7.00. The average molecular weight is 309 g/mol. The van der Waals surface area contributed by atoms with Gasteiger partial charge in [-0.25, -0.2) is 0 Å². The summed E-state index contributed by atoms with van der Waals surface area (Å²) in [7, 11) is 1.58. The van der Waals surface area contributed by atoms with E-state index in [-0.39, 0.29) is 24.7 Å². The van der Waals surface area contributed by atoms with E-state index in [0.717, 1.165) is 0 Å². The van der Waals surface area contributed by atoms with Crippen LogP contribution in [0.2, 0.25) is 0 Å². The number of amides is 4. The summed E-state index contributed by atoms with van der Waals surface area (Å²) in [6.07, 6.45) is 0.471. The average Bonchev–Trinajstić information content (AvgIpc) is 2.90. The van der Waals surface area contributed by atoms with Crippen LogP contribution in [0.5, 0.6) is 0 Å². The zero-order chi connectivity index (χ0) is 15.6. The van der Waals surface area contributed by atoms with E-state index in [1.54, 1.807) is 18.5 Å². The maximum atomic E-state index is 12.2. The van der Waals surface area contributed by atoms with Crippen LogP contribution >= 0.6 is 11.3 Å². The maximum absolute atomic E-state index is 12.2. The third kappa shape index (κ3) is 3.27. The fourth-order valence-corrected chi connectivity index (χ4v) is 2.85. The Morgan fingerprint density at radius 1 is 1.43 bits per heavy atom. The summed E-state index contributed by atoms with van der Waals surface area (Å²) in [5.74, 6) is -1.46. The lowest BCUT2D eigenvalue weighted by Crippen LogP contribution is -2.52. The fraction of sp³-hybridized carbons (Fsp3) is 0.385. The van der Waals surface area contributed by atoms with Gasteiger partial charge in [-0.15, -0.1) is 11.3 Å². The van der Waals surface area contributed by atoms with Crippen LogP contribution in [-0.4, -0.2) is 36.7 Å². The van der Waals surface area contributed by atoms with Crippen LogP contribution in [0.1, 0.15) is 30.1 Å². The minimum Gasteiger partial charge on any atom is -0.340 e. The van der Waals surface area contributed by atoms with Gasteiger partial charge in [-0.1, -0.05) is 0 Å². The molecule has 0 aromatic carbocycles. The van der Waals surface area contributed by atoms with E-state index in [1.165, 1.54) is 23.2 Å². The first-order valence-electron chi connectivity index (χ1n) is 6.36. The molecule has 112 valence electrons. The Morgan fingerprint density at radius 3 is 2.76 bits per heavy atom. The molecule has 0 aliphatic carbocycles. The number of piperidine rings is 1. The van der Waals surface area contributed by atoms with E-state index in [4.69, 9.17) is 0 Å². The molecule has 2 rings (SSSR count). The Labute approximate surface area is 125 Å². The number of nitrogens with zero attached hydrogens (tertiary/aromatic N) is 1. The van der Waals surface area contributed by atoms with Gasteiger partial charge in [-0.05, 0) is 17.9 Å². The number of hydrogen-bond acceptors (Lipinski definition) is 5. The molecule has 1 atom stereocenters. The topological polar surface area (TPSA) is 95.6 Å². The molecule has 1 aromatic heterocycles. The van der Waals surface area contributed by atoms with Crippen LogP contribution in [0.4, 0.5) is 5.00 Å². The Kier molecular flexibility index (Phi) is 4.37. The molecule has 1 aliphatic rings. The van der Waals surface area contributed by atoms with Crippen molar-refractivity contribution in [2.24, 2.45) is 0 Å². The molecule has 0 bridgehead atoms. The lowest BCUT2D eigenvalue weighted by molar-refractivity contribution is -0.134. The SMILES string of the molecule is CC(=O)N(C)c1sccc1C(=O)NC1CCC(=O)NC1=O. The van der Waals surface area contributed by atoms with Gasteiger partial charge in [0.1, 0.15) is 11.0 Å². The summed E-state index contributed by atoms with van der Waals surface area (Å²) in [6, 6.07) is 0.867. The monoisotopic (exact) mass is 309 g/mol. The molecule has 0 radical (unpaired) electrons. The van der Waals surface area contributed by atoms with Crippen molar-refractivity contribution in [3.05, 3.63) is 17.0 Å². The van der Waals surface area contributed by atoms with Gasteiger partial charge in [-0.3, -0.25) is 24.5 Å². The standard InChI is InChI=1S/C13H15N3O4S/c1-7(17)16(2)13-8(5-6-21-13)11(19)14-9-3-4-10(18)15-12(9)20/h5-6,9H,3-4H2,1-2H3,(H,14,19)(H,15,18,20). The second-order valence-corrected chi connectivity index (χ2v) is 5.59. The van der Waals surface area contributed by atoms with E-state index in [0.29, 0.717) is 10.6 Å². The van der Waals surface area contributed by atoms with Gasteiger partial charge >= 0.3 is 0 Å². The van der Waals surface area contributed by atoms with E-state index < -0.39 is 17.9 Å². The fourth-order valence-electron chi connectivity index (χ4n) is 1.94. The van der Waals surface area contributed by atoms with Crippen molar-refractivity contribution in [2.75, 3.05) is 11.9 Å². The summed E-state index contributed by atoms with van der Waals surface area (Å²) in [4.78, 5) is 47.7. The maximum Gasteiger partial charge on any atom is 0.254 e. The molecular formula is C13H15N3O4S. The van der Waals surface area contributed by atoms with Crippen molar-refractivity contribution in [2.45, 2.75) is 25.8 Å². The Balaban J connectivity index is 2.11. The van der Waals surface area contributed by atoms with Gasteiger partial charge in [0.25, 0.3) is 5.91 Å². The molecule has 21 heavy (non-hydrogen) atoms. The number of hydrogen-bond donors (Lipinski definition) is 2. The molecule has 8 heteroatoms. The van der Waals surface area contributed by atoms with Gasteiger partial charge in [0, 0.05) is 20.4 Å². The quantitative estimate of drug-likeness (QED) is 0.783. The van der Waals surface area contributed by atoms with Crippen LogP contribution in [0.3, 0.4) is 0 Å². The normalized spacial score (nSPS) is 18.1. The third-order valence-electron chi connectivity index (χ3n) is 3.21. The molecule has 0 spiro atoms. The number of carbonyl (C=O) groups is 4. The van der Waals surface area contributed by atoms with Crippen LogP contribution in [0, 0.1) is 0 Å². The first kappa shape index (κ1) is 15.2. The van der Waals surface area contributed by atoms with Crippen molar-refractivity contribution in [3.8, 4) is 0 Å². The number of thiophene rings is 1. The van der Waals surface area contributed by atoms with E-state index >= 15 is 0 Å². The molecule has 4 amide bonds. The molecule has 0 saturated carbocycles. The highest BCUT2D eigenvalue weighted by Crippen LogP contribution is 2.27. The molecule has 2 heterocycles. The second kappa shape index (κ2) is 6.04. The number of imide groups is 1. The molecule has 1 aliphatic heterocycles. The van der Waals surface area contributed by atoms with Crippen LogP contribution in [-0.2, 0) is 14.4 Å². The molecule has 7 nitrogen and oxygen atoms in total. The smallest absolute Gasteiger partial charge is 0.254 e. The van der Waals surface area contributed by atoms with Crippen LogP contribution in [0.15, 0.2) is 11.4 Å². The first-order valence-corrected chi connectivity index (χ1v) is 7.24. The van der Waals surface area contributed by atoms with E-state index in [9.17, 15) is 19.2 Å². The minimum absolute atomic E-state index is 0.187. The zero-order valence-electron chi connectivity index (χ0n) is 11.6.